The van der Waals surface area contributed by atoms with Crippen molar-refractivity contribution < 1.29 is 4.74 Å². The van der Waals surface area contributed by atoms with Crippen LogP contribution >= 0.6 is 27.5 Å². The summed E-state index contributed by atoms with van der Waals surface area (Å²) in [6.07, 6.45) is 6.02. The summed E-state index contributed by atoms with van der Waals surface area (Å²) >= 11 is 9.47. The third-order valence-corrected chi connectivity index (χ3v) is 4.63. The molecular formula is C12H11BrClN3O. The Morgan fingerprint density at radius 1 is 1.39 bits per heavy atom. The molecule has 0 amide bonds. The van der Waals surface area contributed by atoms with Gasteiger partial charge in [-0.3, -0.25) is 4.68 Å². The van der Waals surface area contributed by atoms with Crippen LogP contribution in [0.15, 0.2) is 16.9 Å². The van der Waals surface area contributed by atoms with Gasteiger partial charge in [-0.1, -0.05) is 11.6 Å². The second kappa shape index (κ2) is 3.92. The lowest BCUT2D eigenvalue weighted by Gasteiger charge is -2.20. The van der Waals surface area contributed by atoms with Crippen LogP contribution in [0.2, 0.25) is 5.15 Å². The van der Waals surface area contributed by atoms with Crippen LogP contribution < -0.4 is 0 Å². The van der Waals surface area contributed by atoms with Gasteiger partial charge in [0.25, 0.3) is 0 Å². The van der Waals surface area contributed by atoms with Crippen LogP contribution in [0.1, 0.15) is 25.3 Å². The van der Waals surface area contributed by atoms with Gasteiger partial charge in [-0.05, 0) is 35.2 Å². The van der Waals surface area contributed by atoms with Crippen LogP contribution in [-0.2, 0) is 4.74 Å². The van der Waals surface area contributed by atoms with Gasteiger partial charge < -0.3 is 4.74 Å². The third-order valence-electron chi connectivity index (χ3n) is 3.84. The van der Waals surface area contributed by atoms with Gasteiger partial charge in [0.2, 0.25) is 0 Å². The lowest BCUT2D eigenvalue weighted by Crippen LogP contribution is -2.18. The molecule has 4 rings (SSSR count). The maximum Gasteiger partial charge on any atom is 0.137 e. The molecule has 0 aromatic carbocycles. The summed E-state index contributed by atoms with van der Waals surface area (Å²) in [5.74, 6) is 0. The van der Waals surface area contributed by atoms with E-state index >= 15 is 0 Å². The van der Waals surface area contributed by atoms with Crippen LogP contribution in [0.4, 0.5) is 0 Å². The van der Waals surface area contributed by atoms with Crippen molar-refractivity contribution in [1.29, 1.82) is 0 Å². The first-order chi connectivity index (χ1) is 8.72. The quantitative estimate of drug-likeness (QED) is 0.595. The number of ether oxygens (including phenoxy) is 1. The van der Waals surface area contributed by atoms with Gasteiger partial charge in [0.05, 0.1) is 29.2 Å². The molecular weight excluding hydrogens is 318 g/mol. The van der Waals surface area contributed by atoms with Crippen molar-refractivity contribution in [2.75, 3.05) is 0 Å². The molecule has 2 aromatic rings. The number of aromatic nitrogens is 3. The molecule has 94 valence electrons. The Balaban J connectivity index is 1.81. The Labute approximate surface area is 117 Å². The predicted octanol–water partition coefficient (Wildman–Crippen LogP) is 3.34. The fourth-order valence-corrected chi connectivity index (χ4v) is 3.48. The summed E-state index contributed by atoms with van der Waals surface area (Å²) < 4.78 is 8.49. The summed E-state index contributed by atoms with van der Waals surface area (Å²) in [5, 5.41) is 6.11. The molecule has 1 saturated heterocycles. The minimum atomic E-state index is 0.404. The molecule has 1 aliphatic carbocycles. The number of halogens is 2. The van der Waals surface area contributed by atoms with Crippen molar-refractivity contribution in [2.24, 2.45) is 0 Å². The number of epoxide rings is 1. The number of nitrogens with zero attached hydrogens (tertiary/aromatic N) is 3. The van der Waals surface area contributed by atoms with E-state index in [1.54, 1.807) is 6.20 Å². The smallest absolute Gasteiger partial charge is 0.137 e. The number of rotatable bonds is 1. The van der Waals surface area contributed by atoms with Crippen molar-refractivity contribution >= 4 is 38.4 Å². The molecule has 3 atom stereocenters. The third kappa shape index (κ3) is 1.68. The predicted molar refractivity (Wildman–Crippen MR) is 71.8 cm³/mol. The molecule has 0 spiro atoms. The number of pyridine rings is 1. The zero-order valence-electron chi connectivity index (χ0n) is 9.51. The summed E-state index contributed by atoms with van der Waals surface area (Å²) in [7, 11) is 0. The van der Waals surface area contributed by atoms with Crippen LogP contribution in [0, 0.1) is 0 Å². The first kappa shape index (κ1) is 11.2. The lowest BCUT2D eigenvalue weighted by atomic mass is 9.95. The van der Waals surface area contributed by atoms with Gasteiger partial charge in [0.1, 0.15) is 9.76 Å². The molecule has 1 saturated carbocycles. The highest BCUT2D eigenvalue weighted by molar-refractivity contribution is 9.10. The van der Waals surface area contributed by atoms with Crippen molar-refractivity contribution in [2.45, 2.75) is 37.5 Å². The second-order valence-electron chi connectivity index (χ2n) is 4.94. The summed E-state index contributed by atoms with van der Waals surface area (Å²) in [4.78, 5) is 4.11. The highest BCUT2D eigenvalue weighted by Crippen LogP contribution is 2.42. The average molecular weight is 329 g/mol. The van der Waals surface area contributed by atoms with Gasteiger partial charge in [-0.2, -0.15) is 5.10 Å². The van der Waals surface area contributed by atoms with Crippen LogP contribution in [0.5, 0.6) is 0 Å². The summed E-state index contributed by atoms with van der Waals surface area (Å²) in [6, 6.07) is 2.29. The van der Waals surface area contributed by atoms with Crippen LogP contribution in [-0.4, -0.2) is 27.0 Å². The minimum absolute atomic E-state index is 0.404. The van der Waals surface area contributed by atoms with Crippen molar-refractivity contribution in [3.8, 4) is 0 Å². The van der Waals surface area contributed by atoms with Crippen LogP contribution in [0.25, 0.3) is 10.9 Å². The first-order valence-electron chi connectivity index (χ1n) is 6.07. The highest BCUT2D eigenvalue weighted by Gasteiger charge is 2.44. The molecule has 0 unspecified atom stereocenters. The van der Waals surface area contributed by atoms with E-state index < -0.39 is 0 Å². The molecule has 1 aliphatic heterocycles. The number of hydrogen-bond acceptors (Lipinski definition) is 3. The number of hydrogen-bond donors (Lipinski definition) is 0. The van der Waals surface area contributed by atoms with Crippen molar-refractivity contribution in [3.05, 3.63) is 22.0 Å². The van der Waals surface area contributed by atoms with E-state index in [9.17, 15) is 0 Å². The topological polar surface area (TPSA) is 43.2 Å². The fraction of sp³-hybridized carbons (Fsp3) is 0.500. The van der Waals surface area contributed by atoms with Crippen molar-refractivity contribution in [1.82, 2.24) is 14.8 Å². The van der Waals surface area contributed by atoms with Gasteiger partial charge in [-0.15, -0.1) is 0 Å². The van der Waals surface area contributed by atoms with E-state index in [4.69, 9.17) is 16.3 Å². The summed E-state index contributed by atoms with van der Waals surface area (Å²) in [6.45, 7) is 0. The first-order valence-corrected chi connectivity index (χ1v) is 7.24. The largest absolute Gasteiger partial charge is 0.370 e. The Morgan fingerprint density at radius 2 is 2.28 bits per heavy atom. The molecule has 6 heteroatoms. The Hall–Kier alpha value is -0.650. The molecule has 0 radical (unpaired) electrons. The zero-order chi connectivity index (χ0) is 12.3. The molecule has 2 aliphatic rings. The second-order valence-corrected chi connectivity index (χ2v) is 6.08. The highest BCUT2D eigenvalue weighted by atomic mass is 79.9. The van der Waals surface area contributed by atoms with Crippen molar-refractivity contribution in [3.63, 3.8) is 0 Å². The molecule has 2 fully saturated rings. The Bertz CT molecular complexity index is 629. The maximum atomic E-state index is 5.98. The zero-order valence-corrected chi connectivity index (χ0v) is 11.9. The maximum absolute atomic E-state index is 5.98. The SMILES string of the molecule is Clc1cc2c(cn1)c(Br)nn2[C@@H]1CC[C@H]2O[C@H]2C1. The molecule has 18 heavy (non-hydrogen) atoms. The Kier molecular flexibility index (Phi) is 2.44. The van der Waals surface area contributed by atoms with E-state index in [2.05, 4.69) is 30.7 Å². The van der Waals surface area contributed by atoms with E-state index in [0.29, 0.717) is 23.4 Å². The van der Waals surface area contributed by atoms with Crippen LogP contribution in [0.3, 0.4) is 0 Å². The van der Waals surface area contributed by atoms with E-state index in [1.165, 1.54) is 0 Å². The summed E-state index contributed by atoms with van der Waals surface area (Å²) in [5.41, 5.74) is 1.05. The van der Waals surface area contributed by atoms with Gasteiger partial charge >= 0.3 is 0 Å². The van der Waals surface area contributed by atoms with E-state index in [0.717, 1.165) is 34.8 Å². The molecule has 4 nitrogen and oxygen atoms in total. The fourth-order valence-electron chi connectivity index (χ4n) is 2.85. The lowest BCUT2D eigenvalue weighted by molar-refractivity contribution is 0.349. The standard InChI is InChI=1S/C12H11BrClN3O/c13-12-7-5-15-11(14)4-8(7)17(16-12)6-1-2-9-10(3-6)18-9/h4-6,9-10H,1-3H2/t6-,9-,10+/m1/s1. The molecule has 3 heterocycles. The molecule has 2 aromatic heterocycles. The minimum Gasteiger partial charge on any atom is -0.370 e. The van der Waals surface area contributed by atoms with E-state index in [-0.39, 0.29) is 0 Å². The van der Waals surface area contributed by atoms with Gasteiger partial charge in [0.15, 0.2) is 0 Å². The molecule has 0 N–H and O–H groups in total. The number of fused-ring (bicyclic) bond motifs is 2. The van der Waals surface area contributed by atoms with E-state index in [1.807, 2.05) is 6.07 Å². The van der Waals surface area contributed by atoms with Gasteiger partial charge in [0, 0.05) is 12.3 Å². The average Bonchev–Trinajstić information content (AvgIpc) is 3.07. The monoisotopic (exact) mass is 327 g/mol. The van der Waals surface area contributed by atoms with Gasteiger partial charge in [-0.25, -0.2) is 4.98 Å². The Morgan fingerprint density at radius 3 is 3.11 bits per heavy atom. The normalized spacial score (nSPS) is 30.4. The molecule has 0 bridgehead atoms.